The Morgan fingerprint density at radius 1 is 0.297 bits per heavy atom. The number of rotatable bonds is 75. The van der Waals surface area contributed by atoms with Crippen molar-refractivity contribution in [2.75, 3.05) is 47.5 Å². The van der Waals surface area contributed by atoms with Crippen molar-refractivity contribution in [2.45, 2.75) is 347 Å². The van der Waals surface area contributed by atoms with E-state index in [2.05, 4.69) is 184 Å². The van der Waals surface area contributed by atoms with E-state index in [0.29, 0.717) is 17.4 Å². The molecule has 0 saturated heterocycles. The summed E-state index contributed by atoms with van der Waals surface area (Å²) < 4.78 is 23.1. The lowest BCUT2D eigenvalue weighted by Crippen LogP contribution is -2.40. The number of quaternary nitrogens is 1. The minimum atomic E-state index is -1.52. The number of allylic oxidation sites excluding steroid dienone is 28. The Hall–Kier alpha value is -5.35. The maximum atomic E-state index is 13.0. The molecule has 0 heterocycles. The van der Waals surface area contributed by atoms with Gasteiger partial charge < -0.3 is 28.5 Å². The lowest BCUT2D eigenvalue weighted by molar-refractivity contribution is -0.870. The molecule has 0 amide bonds. The summed E-state index contributed by atoms with van der Waals surface area (Å²) in [4.78, 5) is 37.8. The molecule has 101 heavy (non-hydrogen) atoms. The molecule has 574 valence electrons. The minimum Gasteiger partial charge on any atom is -0.477 e. The van der Waals surface area contributed by atoms with Crippen LogP contribution in [0.4, 0.5) is 0 Å². The molecule has 2 atom stereocenters. The molecule has 9 nitrogen and oxygen atoms in total. The Morgan fingerprint density at radius 2 is 0.535 bits per heavy atom. The predicted molar refractivity (Wildman–Crippen MR) is 437 cm³/mol. The van der Waals surface area contributed by atoms with Gasteiger partial charge in [0.1, 0.15) is 13.2 Å². The van der Waals surface area contributed by atoms with Crippen LogP contribution in [0.1, 0.15) is 335 Å². The summed E-state index contributed by atoms with van der Waals surface area (Å²) in [6.07, 6.45) is 118. The van der Waals surface area contributed by atoms with Crippen LogP contribution in [0, 0.1) is 0 Å². The number of ether oxygens (including phenoxy) is 4. The SMILES string of the molecule is CC/C=C\C/C=C\C/C=C\C/C=C\C/C=C\C/C=C\C/C=C\C/C=C\CCCCCCCCCCCCCCCCCCC(=O)OC(COC(=O)CCCCCCCCCCCCCCCCCC/C=C\C/C=C\C/C=C\C/C=C\C/C=C\C/C=C\CC)COC(OCC[N+](C)(C)C)C(=O)O. The van der Waals surface area contributed by atoms with Crippen LogP contribution >= 0.6 is 0 Å². The number of carbonyl (C=O) groups excluding carboxylic acids is 2. The van der Waals surface area contributed by atoms with Crippen LogP contribution in [-0.2, 0) is 33.3 Å². The molecular formula is C92H154NO8+. The van der Waals surface area contributed by atoms with Crippen molar-refractivity contribution in [3.05, 3.63) is 170 Å². The molecule has 0 aromatic heterocycles. The van der Waals surface area contributed by atoms with Gasteiger partial charge in [0.25, 0.3) is 6.29 Å². The third-order valence-electron chi connectivity index (χ3n) is 17.5. The molecule has 2 unspecified atom stereocenters. The third kappa shape index (κ3) is 81.8. The van der Waals surface area contributed by atoms with E-state index in [4.69, 9.17) is 18.9 Å². The van der Waals surface area contributed by atoms with Crippen molar-refractivity contribution in [2.24, 2.45) is 0 Å². The Kier molecular flexibility index (Phi) is 76.1. The summed E-state index contributed by atoms with van der Waals surface area (Å²) in [5, 5.41) is 9.78. The molecule has 0 aliphatic carbocycles. The van der Waals surface area contributed by atoms with Gasteiger partial charge in [0.05, 0.1) is 34.4 Å². The van der Waals surface area contributed by atoms with Gasteiger partial charge in [-0.15, -0.1) is 0 Å². The second-order valence-electron chi connectivity index (χ2n) is 28.3. The summed E-state index contributed by atoms with van der Waals surface area (Å²) in [5.41, 5.74) is 0. The minimum absolute atomic E-state index is 0.183. The highest BCUT2D eigenvalue weighted by Crippen LogP contribution is 2.18. The Morgan fingerprint density at radius 3 is 0.792 bits per heavy atom. The van der Waals surface area contributed by atoms with Gasteiger partial charge >= 0.3 is 17.9 Å². The normalized spacial score (nSPS) is 13.6. The highest BCUT2D eigenvalue weighted by atomic mass is 16.7. The maximum absolute atomic E-state index is 13.0. The number of aliphatic carboxylic acids is 1. The Bertz CT molecular complexity index is 2280. The maximum Gasteiger partial charge on any atom is 0.361 e. The zero-order valence-corrected chi connectivity index (χ0v) is 65.8. The summed E-state index contributed by atoms with van der Waals surface area (Å²) in [6, 6.07) is 0. The van der Waals surface area contributed by atoms with Gasteiger partial charge in [-0.05, 0) is 128 Å². The summed E-state index contributed by atoms with van der Waals surface area (Å²) in [6.45, 7) is 4.67. The zero-order chi connectivity index (χ0) is 73.2. The molecule has 0 fully saturated rings. The van der Waals surface area contributed by atoms with E-state index in [1.807, 2.05) is 21.1 Å². The molecule has 0 aromatic rings. The fourth-order valence-corrected chi connectivity index (χ4v) is 11.3. The molecule has 9 heteroatoms. The van der Waals surface area contributed by atoms with E-state index in [9.17, 15) is 19.5 Å². The second-order valence-corrected chi connectivity index (χ2v) is 28.3. The standard InChI is InChI=1S/C92H153NO8/c1-6-8-10-12-14-16-18-20-22-24-26-28-30-32-34-36-38-40-42-43-44-45-46-47-49-51-53-55-57-59-61-63-65-67-69-71-73-75-77-79-81-83-90(95)101-88(87-100-92(91(96)97)98-85-84-93(3,4)5)86-99-89(94)82-80-78-76-74-72-70-68-66-64-62-60-58-56-54-52-50-48-41-39-37-35-33-31-29-27-25-23-21-19-17-15-13-11-9-7-2/h8-11,14-17,20-23,26-29,32-35,38-41,43-44,46-47,88,92H,6-7,12-13,18-19,24-25,30-31,36-37,42,45,48-87H2,1-5H3/p+1/b10-8-,11-9-,16-14-,17-15-,22-20-,23-21-,28-26-,29-27-,34-32-,35-33-,40-38-,41-39-,44-43-,47-46-. The summed E-state index contributed by atoms with van der Waals surface area (Å²) in [5.74, 6) is -2.00. The topological polar surface area (TPSA) is 108 Å². The predicted octanol–water partition coefficient (Wildman–Crippen LogP) is 26.9. The van der Waals surface area contributed by atoms with Crippen molar-refractivity contribution >= 4 is 17.9 Å². The molecule has 0 bridgehead atoms. The molecule has 0 aromatic carbocycles. The fraction of sp³-hybridized carbons (Fsp3) is 0.663. The lowest BCUT2D eigenvalue weighted by Gasteiger charge is -2.25. The van der Waals surface area contributed by atoms with Gasteiger partial charge in [-0.3, -0.25) is 9.59 Å². The first kappa shape index (κ1) is 95.6. The molecule has 0 saturated carbocycles. The number of likely N-dealkylation sites (N-methyl/N-ethyl adjacent to an activating group) is 1. The van der Waals surface area contributed by atoms with Crippen molar-refractivity contribution in [1.29, 1.82) is 0 Å². The number of carboxylic acids is 1. The molecule has 0 spiro atoms. The van der Waals surface area contributed by atoms with Gasteiger partial charge in [0.15, 0.2) is 6.10 Å². The van der Waals surface area contributed by atoms with Crippen LogP contribution in [-0.4, -0.2) is 87.4 Å². The van der Waals surface area contributed by atoms with E-state index in [-0.39, 0.29) is 32.2 Å². The van der Waals surface area contributed by atoms with Gasteiger partial charge in [0.2, 0.25) is 0 Å². The molecule has 0 rings (SSSR count). The van der Waals surface area contributed by atoms with Crippen molar-refractivity contribution in [1.82, 2.24) is 0 Å². The molecule has 0 aliphatic heterocycles. The lowest BCUT2D eigenvalue weighted by atomic mass is 10.0. The van der Waals surface area contributed by atoms with E-state index in [0.717, 1.165) is 128 Å². The average molecular weight is 1400 g/mol. The van der Waals surface area contributed by atoms with Crippen LogP contribution < -0.4 is 0 Å². The van der Waals surface area contributed by atoms with E-state index >= 15 is 0 Å². The average Bonchev–Trinajstić information content (AvgIpc) is 1.21. The van der Waals surface area contributed by atoms with Crippen LogP contribution in [0.25, 0.3) is 0 Å². The first-order valence-electron chi connectivity index (χ1n) is 41.3. The zero-order valence-electron chi connectivity index (χ0n) is 65.8. The van der Waals surface area contributed by atoms with E-state index in [1.54, 1.807) is 0 Å². The largest absolute Gasteiger partial charge is 0.477 e. The fourth-order valence-electron chi connectivity index (χ4n) is 11.3. The van der Waals surface area contributed by atoms with E-state index in [1.165, 1.54) is 180 Å². The summed E-state index contributed by atoms with van der Waals surface area (Å²) in [7, 11) is 5.98. The second kappa shape index (κ2) is 80.3. The van der Waals surface area contributed by atoms with Crippen LogP contribution in [0.2, 0.25) is 0 Å². The van der Waals surface area contributed by atoms with Gasteiger partial charge in [0, 0.05) is 12.8 Å². The number of esters is 2. The number of unbranched alkanes of at least 4 members (excludes halogenated alkanes) is 32. The number of carboxylic acid groups (broad SMARTS) is 1. The first-order valence-corrected chi connectivity index (χ1v) is 41.3. The Balaban J connectivity index is 4.04. The first-order chi connectivity index (χ1) is 49.6. The van der Waals surface area contributed by atoms with Gasteiger partial charge in [-0.1, -0.05) is 364 Å². The van der Waals surface area contributed by atoms with E-state index < -0.39 is 24.3 Å². The van der Waals surface area contributed by atoms with Crippen molar-refractivity contribution < 1.29 is 42.9 Å². The molecule has 1 N–H and O–H groups in total. The van der Waals surface area contributed by atoms with Crippen molar-refractivity contribution in [3.63, 3.8) is 0 Å². The third-order valence-corrected chi connectivity index (χ3v) is 17.5. The van der Waals surface area contributed by atoms with Crippen LogP contribution in [0.5, 0.6) is 0 Å². The van der Waals surface area contributed by atoms with Crippen molar-refractivity contribution in [3.8, 4) is 0 Å². The van der Waals surface area contributed by atoms with Crippen LogP contribution in [0.3, 0.4) is 0 Å². The molecule has 0 aliphatic rings. The Labute approximate surface area is 622 Å². The smallest absolute Gasteiger partial charge is 0.361 e. The molecule has 0 radical (unpaired) electrons. The number of nitrogens with zero attached hydrogens (tertiary/aromatic N) is 1. The quantitative estimate of drug-likeness (QED) is 0.0211. The highest BCUT2D eigenvalue weighted by molar-refractivity contribution is 5.71. The molecular weight excluding hydrogens is 1250 g/mol. The van der Waals surface area contributed by atoms with Gasteiger partial charge in [-0.2, -0.15) is 0 Å². The number of carbonyl (C=O) groups is 3. The van der Waals surface area contributed by atoms with Gasteiger partial charge in [-0.25, -0.2) is 4.79 Å². The monoisotopic (exact) mass is 1400 g/mol. The summed E-state index contributed by atoms with van der Waals surface area (Å²) >= 11 is 0. The number of hydrogen-bond donors (Lipinski definition) is 1. The van der Waals surface area contributed by atoms with Crippen LogP contribution in [0.15, 0.2) is 170 Å². The number of hydrogen-bond acceptors (Lipinski definition) is 7. The highest BCUT2D eigenvalue weighted by Gasteiger charge is 2.25.